The molecule has 0 saturated heterocycles. The maximum Gasteiger partial charge on any atom is 0.141 e. The summed E-state index contributed by atoms with van der Waals surface area (Å²) in [5, 5.41) is 3.19. The third-order valence-electron chi connectivity index (χ3n) is 2.99. The zero-order valence-electron chi connectivity index (χ0n) is 10.3. The number of benzene rings is 1. The standard InChI is InChI=1S/C13H19BrFN/c1-9(16-4)8-13(2,3)10-6-5-7-11(14)12(10)15/h5-7,9,16H,8H2,1-4H3. The lowest BCUT2D eigenvalue weighted by Crippen LogP contribution is -2.31. The van der Waals surface area contributed by atoms with Gasteiger partial charge in [0.05, 0.1) is 4.47 Å². The molecule has 0 aliphatic carbocycles. The molecule has 0 heterocycles. The lowest BCUT2D eigenvalue weighted by Gasteiger charge is -2.29. The van der Waals surface area contributed by atoms with Gasteiger partial charge in [-0.05, 0) is 53.4 Å². The summed E-state index contributed by atoms with van der Waals surface area (Å²) in [7, 11) is 1.93. The average Bonchev–Trinajstić information content (AvgIpc) is 2.21. The zero-order chi connectivity index (χ0) is 12.3. The third-order valence-corrected chi connectivity index (χ3v) is 3.60. The smallest absolute Gasteiger partial charge is 0.141 e. The first kappa shape index (κ1) is 13.7. The molecule has 0 spiro atoms. The molecule has 0 fully saturated rings. The van der Waals surface area contributed by atoms with Gasteiger partial charge in [0.25, 0.3) is 0 Å². The molecule has 0 aliphatic rings. The Morgan fingerprint density at radius 2 is 2.06 bits per heavy atom. The summed E-state index contributed by atoms with van der Waals surface area (Å²) in [6.45, 7) is 6.26. The molecule has 16 heavy (non-hydrogen) atoms. The fourth-order valence-corrected chi connectivity index (χ4v) is 2.37. The first-order chi connectivity index (χ1) is 7.38. The molecule has 0 aliphatic heterocycles. The Hall–Kier alpha value is -0.410. The molecule has 0 bridgehead atoms. The molecule has 3 heteroatoms. The Labute approximate surface area is 106 Å². The fourth-order valence-electron chi connectivity index (χ4n) is 2.00. The Morgan fingerprint density at radius 1 is 1.44 bits per heavy atom. The molecular formula is C13H19BrFN. The van der Waals surface area contributed by atoms with E-state index in [0.717, 1.165) is 12.0 Å². The molecule has 1 rings (SSSR count). The Kier molecular flexibility index (Phi) is 4.51. The van der Waals surface area contributed by atoms with Gasteiger partial charge in [-0.25, -0.2) is 4.39 Å². The molecule has 1 atom stereocenters. The van der Waals surface area contributed by atoms with E-state index in [4.69, 9.17) is 0 Å². The highest BCUT2D eigenvalue weighted by Gasteiger charge is 2.26. The first-order valence-corrected chi connectivity index (χ1v) is 6.29. The van der Waals surface area contributed by atoms with Gasteiger partial charge < -0.3 is 5.32 Å². The minimum Gasteiger partial charge on any atom is -0.317 e. The molecule has 1 aromatic rings. The van der Waals surface area contributed by atoms with Crippen molar-refractivity contribution in [1.29, 1.82) is 0 Å². The number of halogens is 2. The molecule has 0 amide bonds. The monoisotopic (exact) mass is 287 g/mol. The second-order valence-electron chi connectivity index (χ2n) is 4.88. The molecule has 0 aromatic heterocycles. The van der Waals surface area contributed by atoms with Crippen LogP contribution in [0.1, 0.15) is 32.8 Å². The molecule has 1 N–H and O–H groups in total. The van der Waals surface area contributed by atoms with E-state index < -0.39 is 0 Å². The summed E-state index contributed by atoms with van der Waals surface area (Å²) in [6, 6.07) is 5.85. The van der Waals surface area contributed by atoms with Crippen molar-refractivity contribution in [3.63, 3.8) is 0 Å². The summed E-state index contributed by atoms with van der Waals surface area (Å²) < 4.78 is 14.5. The number of rotatable bonds is 4. The second kappa shape index (κ2) is 5.28. The Balaban J connectivity index is 3.02. The van der Waals surface area contributed by atoms with Gasteiger partial charge in [-0.15, -0.1) is 0 Å². The highest BCUT2D eigenvalue weighted by Crippen LogP contribution is 2.33. The summed E-state index contributed by atoms with van der Waals surface area (Å²) in [4.78, 5) is 0. The summed E-state index contributed by atoms with van der Waals surface area (Å²) in [6.07, 6.45) is 0.900. The van der Waals surface area contributed by atoms with E-state index in [1.54, 1.807) is 6.07 Å². The molecule has 1 aromatic carbocycles. The van der Waals surface area contributed by atoms with Gasteiger partial charge in [0, 0.05) is 6.04 Å². The molecule has 1 unspecified atom stereocenters. The zero-order valence-corrected chi connectivity index (χ0v) is 11.9. The van der Waals surface area contributed by atoms with Crippen LogP contribution in [0, 0.1) is 5.82 Å². The molecular weight excluding hydrogens is 269 g/mol. The van der Waals surface area contributed by atoms with Crippen LogP contribution in [0.3, 0.4) is 0 Å². The predicted molar refractivity (Wildman–Crippen MR) is 70.3 cm³/mol. The number of hydrogen-bond acceptors (Lipinski definition) is 1. The quantitative estimate of drug-likeness (QED) is 0.887. The highest BCUT2D eigenvalue weighted by atomic mass is 79.9. The summed E-state index contributed by atoms with van der Waals surface area (Å²) in [5.74, 6) is -0.143. The van der Waals surface area contributed by atoms with Crippen molar-refractivity contribution in [3.05, 3.63) is 34.1 Å². The van der Waals surface area contributed by atoms with Crippen molar-refractivity contribution in [2.75, 3.05) is 7.05 Å². The number of hydrogen-bond donors (Lipinski definition) is 1. The van der Waals surface area contributed by atoms with Gasteiger partial charge in [-0.2, -0.15) is 0 Å². The Morgan fingerprint density at radius 3 is 2.62 bits per heavy atom. The Bertz CT molecular complexity index is 363. The van der Waals surface area contributed by atoms with E-state index >= 15 is 0 Å². The van der Waals surface area contributed by atoms with Crippen LogP contribution in [-0.4, -0.2) is 13.1 Å². The maximum atomic E-state index is 14.0. The van der Waals surface area contributed by atoms with E-state index in [0.29, 0.717) is 10.5 Å². The summed E-state index contributed by atoms with van der Waals surface area (Å²) in [5.41, 5.74) is 0.597. The van der Waals surface area contributed by atoms with Crippen LogP contribution in [0.5, 0.6) is 0 Å². The van der Waals surface area contributed by atoms with E-state index in [-0.39, 0.29) is 11.2 Å². The SMILES string of the molecule is CNC(C)CC(C)(C)c1cccc(Br)c1F. The minimum atomic E-state index is -0.170. The normalized spacial score (nSPS) is 13.9. The van der Waals surface area contributed by atoms with Crippen LogP contribution < -0.4 is 5.32 Å². The molecule has 0 radical (unpaired) electrons. The summed E-state index contributed by atoms with van der Waals surface area (Å²) >= 11 is 3.23. The fraction of sp³-hybridized carbons (Fsp3) is 0.538. The van der Waals surface area contributed by atoms with Crippen LogP contribution >= 0.6 is 15.9 Å². The van der Waals surface area contributed by atoms with Crippen molar-refractivity contribution >= 4 is 15.9 Å². The number of nitrogens with one attached hydrogen (secondary N) is 1. The van der Waals surface area contributed by atoms with Gasteiger partial charge in [0.15, 0.2) is 0 Å². The van der Waals surface area contributed by atoms with Gasteiger partial charge in [-0.3, -0.25) is 0 Å². The van der Waals surface area contributed by atoms with Crippen molar-refractivity contribution in [1.82, 2.24) is 5.32 Å². The van der Waals surface area contributed by atoms with Crippen LogP contribution in [0.15, 0.2) is 22.7 Å². The average molecular weight is 288 g/mol. The largest absolute Gasteiger partial charge is 0.317 e. The molecule has 0 saturated carbocycles. The predicted octanol–water partition coefficient (Wildman–Crippen LogP) is 3.86. The van der Waals surface area contributed by atoms with Gasteiger partial charge in [0.2, 0.25) is 0 Å². The van der Waals surface area contributed by atoms with E-state index in [1.807, 2.05) is 19.2 Å². The van der Waals surface area contributed by atoms with Crippen LogP contribution in [-0.2, 0) is 5.41 Å². The lowest BCUT2D eigenvalue weighted by atomic mass is 9.79. The van der Waals surface area contributed by atoms with Crippen molar-refractivity contribution in [2.24, 2.45) is 0 Å². The van der Waals surface area contributed by atoms with E-state index in [9.17, 15) is 4.39 Å². The van der Waals surface area contributed by atoms with Gasteiger partial charge >= 0.3 is 0 Å². The minimum absolute atomic E-state index is 0.143. The highest BCUT2D eigenvalue weighted by molar-refractivity contribution is 9.10. The van der Waals surface area contributed by atoms with Crippen molar-refractivity contribution < 1.29 is 4.39 Å². The van der Waals surface area contributed by atoms with Crippen molar-refractivity contribution in [2.45, 2.75) is 38.6 Å². The van der Waals surface area contributed by atoms with Crippen molar-refractivity contribution in [3.8, 4) is 0 Å². The lowest BCUT2D eigenvalue weighted by molar-refractivity contribution is 0.390. The van der Waals surface area contributed by atoms with Crippen LogP contribution in [0.4, 0.5) is 4.39 Å². The topological polar surface area (TPSA) is 12.0 Å². The van der Waals surface area contributed by atoms with Gasteiger partial charge in [-0.1, -0.05) is 26.0 Å². The molecule has 90 valence electrons. The third kappa shape index (κ3) is 3.05. The van der Waals surface area contributed by atoms with Crippen LogP contribution in [0.2, 0.25) is 0 Å². The van der Waals surface area contributed by atoms with Gasteiger partial charge in [0.1, 0.15) is 5.82 Å². The van der Waals surface area contributed by atoms with E-state index in [2.05, 4.69) is 42.0 Å². The first-order valence-electron chi connectivity index (χ1n) is 5.50. The van der Waals surface area contributed by atoms with Crippen LogP contribution in [0.25, 0.3) is 0 Å². The molecule has 1 nitrogen and oxygen atoms in total. The maximum absolute atomic E-state index is 14.0. The van der Waals surface area contributed by atoms with E-state index in [1.165, 1.54) is 0 Å². The second-order valence-corrected chi connectivity index (χ2v) is 5.73.